The van der Waals surface area contributed by atoms with Crippen molar-refractivity contribution in [3.05, 3.63) is 59.2 Å². The quantitative estimate of drug-likeness (QED) is 0.758. The zero-order chi connectivity index (χ0) is 14.6. The van der Waals surface area contributed by atoms with Gasteiger partial charge in [0.1, 0.15) is 11.4 Å². The van der Waals surface area contributed by atoms with Crippen LogP contribution in [0.15, 0.2) is 42.1 Å². The minimum Gasteiger partial charge on any atom is -0.361 e. The van der Waals surface area contributed by atoms with Crippen LogP contribution in [0.4, 0.5) is 4.39 Å². The van der Waals surface area contributed by atoms with Gasteiger partial charge in [-0.15, -0.1) is 0 Å². The number of fused-ring (bicyclic) bond motifs is 1. The lowest BCUT2D eigenvalue weighted by Crippen LogP contribution is -2.24. The lowest BCUT2D eigenvalue weighted by molar-refractivity contribution is 0.318. The van der Waals surface area contributed by atoms with Gasteiger partial charge in [-0.25, -0.2) is 4.39 Å². The Kier molecular flexibility index (Phi) is 2.64. The Labute approximate surface area is 123 Å². The highest BCUT2D eigenvalue weighted by Crippen LogP contribution is 2.50. The molecule has 1 fully saturated rings. The average Bonchev–Trinajstić information content (AvgIpc) is 2.94. The van der Waals surface area contributed by atoms with Crippen LogP contribution < -0.4 is 0 Å². The van der Waals surface area contributed by atoms with Crippen molar-refractivity contribution < 1.29 is 9.13 Å². The smallest absolute Gasteiger partial charge is 0.123 e. The fourth-order valence-corrected chi connectivity index (χ4v) is 3.51. The molecule has 1 aliphatic carbocycles. The van der Waals surface area contributed by atoms with Crippen molar-refractivity contribution in [3.63, 3.8) is 0 Å². The van der Waals surface area contributed by atoms with Gasteiger partial charge in [0, 0.05) is 24.0 Å². The Balaban J connectivity index is 1.81. The minimum absolute atomic E-state index is 0.0588. The summed E-state index contributed by atoms with van der Waals surface area (Å²) < 4.78 is 21.1. The number of aromatic nitrogens is 1. The molecule has 1 spiro atoms. The average molecular weight is 283 g/mol. The van der Waals surface area contributed by atoms with Gasteiger partial charge < -0.3 is 9.30 Å². The van der Waals surface area contributed by atoms with E-state index in [4.69, 9.17) is 4.74 Å². The lowest BCUT2D eigenvalue weighted by atomic mass is 9.82. The van der Waals surface area contributed by atoms with Gasteiger partial charge in [-0.05, 0) is 60.9 Å². The monoisotopic (exact) mass is 283 g/mol. The first-order chi connectivity index (χ1) is 10.1. The SMILES string of the molecule is CCC1=Cc2c(ccn2-c2ccc(F)cc2)CC12OC2C. The molecule has 1 saturated heterocycles. The molecule has 3 heteroatoms. The maximum atomic E-state index is 13.1. The molecule has 0 N–H and O–H groups in total. The zero-order valence-corrected chi connectivity index (χ0v) is 12.3. The van der Waals surface area contributed by atoms with Gasteiger partial charge in [-0.3, -0.25) is 0 Å². The molecule has 0 amide bonds. The summed E-state index contributed by atoms with van der Waals surface area (Å²) in [7, 11) is 0. The molecule has 1 aromatic carbocycles. The molecule has 4 rings (SSSR count). The van der Waals surface area contributed by atoms with Crippen LogP contribution in [-0.2, 0) is 11.2 Å². The predicted octanol–water partition coefficient (Wildman–Crippen LogP) is 4.12. The van der Waals surface area contributed by atoms with Crippen LogP contribution in [-0.4, -0.2) is 16.3 Å². The highest BCUT2D eigenvalue weighted by molar-refractivity contribution is 5.64. The fourth-order valence-electron chi connectivity index (χ4n) is 3.51. The predicted molar refractivity (Wildman–Crippen MR) is 81.0 cm³/mol. The van der Waals surface area contributed by atoms with Gasteiger partial charge >= 0.3 is 0 Å². The van der Waals surface area contributed by atoms with Gasteiger partial charge in [0.15, 0.2) is 0 Å². The molecule has 0 saturated carbocycles. The number of benzene rings is 1. The minimum atomic E-state index is -0.205. The molecule has 0 bridgehead atoms. The number of rotatable bonds is 2. The summed E-state index contributed by atoms with van der Waals surface area (Å²) in [4.78, 5) is 0. The third-order valence-electron chi connectivity index (χ3n) is 4.79. The molecule has 0 radical (unpaired) electrons. The van der Waals surface area contributed by atoms with Gasteiger partial charge in [0.05, 0.1) is 6.10 Å². The third-order valence-corrected chi connectivity index (χ3v) is 4.79. The molecule has 2 unspecified atom stereocenters. The van der Waals surface area contributed by atoms with E-state index in [0.717, 1.165) is 18.5 Å². The fraction of sp³-hybridized carbons (Fsp3) is 0.333. The molecule has 2 atom stereocenters. The van der Waals surface area contributed by atoms with E-state index < -0.39 is 0 Å². The molecule has 1 aromatic heterocycles. The molecule has 2 aliphatic rings. The first kappa shape index (κ1) is 12.8. The van der Waals surface area contributed by atoms with Crippen molar-refractivity contribution in [2.75, 3.05) is 0 Å². The molecular formula is C18H18FNO. The summed E-state index contributed by atoms with van der Waals surface area (Å²) in [5.74, 6) is -0.205. The van der Waals surface area contributed by atoms with E-state index >= 15 is 0 Å². The second-order valence-electron chi connectivity index (χ2n) is 5.92. The Morgan fingerprint density at radius 1 is 1.29 bits per heavy atom. The Morgan fingerprint density at radius 2 is 2.00 bits per heavy atom. The molecule has 21 heavy (non-hydrogen) atoms. The third kappa shape index (κ3) is 1.80. The second-order valence-corrected chi connectivity index (χ2v) is 5.92. The van der Waals surface area contributed by atoms with Crippen molar-refractivity contribution in [1.29, 1.82) is 0 Å². The maximum Gasteiger partial charge on any atom is 0.123 e. The number of hydrogen-bond acceptors (Lipinski definition) is 1. The van der Waals surface area contributed by atoms with E-state index in [0.29, 0.717) is 6.10 Å². The standard InChI is InChI=1S/C18H18FNO/c1-3-14-10-17-13(11-18(14)12(2)21-18)8-9-20(17)16-6-4-15(19)5-7-16/h4-10,12H,3,11H2,1-2H3. The normalized spacial score (nSPS) is 26.6. The van der Waals surface area contributed by atoms with Crippen molar-refractivity contribution in [2.45, 2.75) is 38.4 Å². The largest absolute Gasteiger partial charge is 0.361 e. The summed E-state index contributed by atoms with van der Waals surface area (Å²) >= 11 is 0. The van der Waals surface area contributed by atoms with E-state index in [1.165, 1.54) is 29.0 Å². The number of epoxide rings is 1. The summed E-state index contributed by atoms with van der Waals surface area (Å²) in [5, 5.41) is 0. The lowest BCUT2D eigenvalue weighted by Gasteiger charge is -2.22. The van der Waals surface area contributed by atoms with Crippen LogP contribution in [0, 0.1) is 5.82 Å². The molecule has 1 aliphatic heterocycles. The van der Waals surface area contributed by atoms with Crippen molar-refractivity contribution in [2.24, 2.45) is 0 Å². The number of hydrogen-bond donors (Lipinski definition) is 0. The van der Waals surface area contributed by atoms with Crippen LogP contribution in [0.25, 0.3) is 11.8 Å². The van der Waals surface area contributed by atoms with Crippen molar-refractivity contribution in [1.82, 2.24) is 4.57 Å². The maximum absolute atomic E-state index is 13.1. The Hall–Kier alpha value is -1.87. The molecular weight excluding hydrogens is 265 g/mol. The first-order valence-corrected chi connectivity index (χ1v) is 7.49. The van der Waals surface area contributed by atoms with Crippen LogP contribution in [0.1, 0.15) is 31.5 Å². The van der Waals surface area contributed by atoms with Crippen LogP contribution >= 0.6 is 0 Å². The summed E-state index contributed by atoms with van der Waals surface area (Å²) in [6.45, 7) is 4.32. The Bertz CT molecular complexity index is 728. The highest BCUT2D eigenvalue weighted by atomic mass is 19.1. The molecule has 2 heterocycles. The topological polar surface area (TPSA) is 17.5 Å². The Morgan fingerprint density at radius 3 is 2.62 bits per heavy atom. The zero-order valence-electron chi connectivity index (χ0n) is 12.3. The van der Waals surface area contributed by atoms with Crippen LogP contribution in [0.3, 0.4) is 0 Å². The van der Waals surface area contributed by atoms with Crippen LogP contribution in [0.5, 0.6) is 0 Å². The van der Waals surface area contributed by atoms with E-state index in [2.05, 4.69) is 36.8 Å². The van der Waals surface area contributed by atoms with E-state index in [1.54, 1.807) is 0 Å². The first-order valence-electron chi connectivity index (χ1n) is 7.49. The summed E-state index contributed by atoms with van der Waals surface area (Å²) in [5.41, 5.74) is 4.80. The molecule has 108 valence electrons. The number of ether oxygens (including phenoxy) is 1. The van der Waals surface area contributed by atoms with Crippen LogP contribution in [0.2, 0.25) is 0 Å². The van der Waals surface area contributed by atoms with Crippen molar-refractivity contribution in [3.8, 4) is 5.69 Å². The van der Waals surface area contributed by atoms with Gasteiger partial charge in [0.2, 0.25) is 0 Å². The van der Waals surface area contributed by atoms with Gasteiger partial charge in [0.25, 0.3) is 0 Å². The highest BCUT2D eigenvalue weighted by Gasteiger charge is 2.56. The van der Waals surface area contributed by atoms with Gasteiger partial charge in [-0.2, -0.15) is 0 Å². The van der Waals surface area contributed by atoms with E-state index in [1.807, 2.05) is 12.1 Å². The van der Waals surface area contributed by atoms with Crippen molar-refractivity contribution >= 4 is 6.08 Å². The number of nitrogens with zero attached hydrogens (tertiary/aromatic N) is 1. The van der Waals surface area contributed by atoms with Gasteiger partial charge in [-0.1, -0.05) is 6.92 Å². The summed E-state index contributed by atoms with van der Waals surface area (Å²) in [6.07, 6.45) is 6.57. The van der Waals surface area contributed by atoms with E-state index in [-0.39, 0.29) is 11.4 Å². The molecule has 2 aromatic rings. The molecule has 2 nitrogen and oxygen atoms in total. The summed E-state index contributed by atoms with van der Waals surface area (Å²) in [6, 6.07) is 8.79. The number of halogens is 1. The second kappa shape index (κ2) is 4.31. The van der Waals surface area contributed by atoms with E-state index in [9.17, 15) is 4.39 Å².